The number of hydrogen-bond acceptors (Lipinski definition) is 4. The first kappa shape index (κ1) is 19.7. The summed E-state index contributed by atoms with van der Waals surface area (Å²) in [6.07, 6.45) is 8.33. The van der Waals surface area contributed by atoms with Crippen molar-refractivity contribution in [1.82, 2.24) is 10.2 Å². The first-order valence-corrected chi connectivity index (χ1v) is 9.66. The average molecular weight is 349 g/mol. The van der Waals surface area contributed by atoms with Gasteiger partial charge in [0, 0.05) is 32.2 Å². The molecule has 1 heterocycles. The fourth-order valence-electron chi connectivity index (χ4n) is 3.90. The molecule has 2 rings (SSSR count). The molecule has 1 unspecified atom stereocenters. The van der Waals surface area contributed by atoms with E-state index in [-0.39, 0.29) is 17.9 Å². The highest BCUT2D eigenvalue weighted by atomic mass is 16.5. The molecule has 2 fully saturated rings. The van der Waals surface area contributed by atoms with Crippen LogP contribution in [0.5, 0.6) is 0 Å². The maximum atomic E-state index is 12.8. The lowest BCUT2D eigenvalue weighted by molar-refractivity contribution is -0.139. The molecular weight excluding hydrogens is 318 g/mol. The first-order chi connectivity index (χ1) is 12.1. The lowest BCUT2D eigenvalue weighted by atomic mass is 9.87. The van der Waals surface area contributed by atoms with Crippen molar-refractivity contribution < 1.29 is 14.3 Å². The number of ether oxygens (including phenoxy) is 1. The van der Waals surface area contributed by atoms with E-state index in [0.29, 0.717) is 38.5 Å². The van der Waals surface area contributed by atoms with Crippen molar-refractivity contribution in [2.75, 3.05) is 19.8 Å². The van der Waals surface area contributed by atoms with Crippen LogP contribution in [0.15, 0.2) is 0 Å². The summed E-state index contributed by atoms with van der Waals surface area (Å²) in [6, 6.07) is 1.67. The Kier molecular flexibility index (Phi) is 8.20. The molecule has 25 heavy (non-hydrogen) atoms. The summed E-state index contributed by atoms with van der Waals surface area (Å²) in [5.74, 6) is 0.348. The van der Waals surface area contributed by atoms with Gasteiger partial charge in [-0.25, -0.2) is 0 Å². The fourth-order valence-corrected chi connectivity index (χ4v) is 3.90. The standard InChI is InChI=1S/C19H31N3O3/c1-15(21-18(23)14-16-6-3-2-4-7-16)19(24)22(11-5-10-20)17-8-12-25-13-9-17/h15-17H,2-9,11-14H2,1H3,(H,21,23). The van der Waals surface area contributed by atoms with Gasteiger partial charge in [-0.3, -0.25) is 9.59 Å². The summed E-state index contributed by atoms with van der Waals surface area (Å²) in [4.78, 5) is 26.9. The molecule has 6 heteroatoms. The Morgan fingerprint density at radius 1 is 1.20 bits per heavy atom. The van der Waals surface area contributed by atoms with Crippen LogP contribution in [0.3, 0.4) is 0 Å². The minimum absolute atomic E-state index is 0.0278. The summed E-state index contributed by atoms with van der Waals surface area (Å²) in [5.41, 5.74) is 0. The molecule has 0 aromatic rings. The van der Waals surface area contributed by atoms with Crippen molar-refractivity contribution in [3.63, 3.8) is 0 Å². The van der Waals surface area contributed by atoms with Gasteiger partial charge in [0.15, 0.2) is 0 Å². The van der Waals surface area contributed by atoms with Gasteiger partial charge in [0.1, 0.15) is 6.04 Å². The van der Waals surface area contributed by atoms with Crippen LogP contribution in [0.4, 0.5) is 0 Å². The van der Waals surface area contributed by atoms with Gasteiger partial charge in [0.25, 0.3) is 0 Å². The number of carbonyl (C=O) groups is 2. The van der Waals surface area contributed by atoms with E-state index in [2.05, 4.69) is 11.4 Å². The summed E-state index contributed by atoms with van der Waals surface area (Å²) in [7, 11) is 0. The average Bonchev–Trinajstić information content (AvgIpc) is 2.63. The fraction of sp³-hybridized carbons (Fsp3) is 0.842. The summed E-state index contributed by atoms with van der Waals surface area (Å²) in [5, 5.41) is 11.8. The number of carbonyl (C=O) groups excluding carboxylic acids is 2. The summed E-state index contributed by atoms with van der Waals surface area (Å²) in [6.45, 7) is 3.45. The van der Waals surface area contributed by atoms with Crippen LogP contribution in [0.2, 0.25) is 0 Å². The van der Waals surface area contributed by atoms with Crippen molar-refractivity contribution in [3.05, 3.63) is 0 Å². The van der Waals surface area contributed by atoms with Crippen molar-refractivity contribution in [2.45, 2.75) is 76.8 Å². The van der Waals surface area contributed by atoms with Gasteiger partial charge in [-0.05, 0) is 38.5 Å². The van der Waals surface area contributed by atoms with Crippen LogP contribution in [-0.2, 0) is 14.3 Å². The van der Waals surface area contributed by atoms with Crippen molar-refractivity contribution in [2.24, 2.45) is 5.92 Å². The third-order valence-corrected chi connectivity index (χ3v) is 5.33. The van der Waals surface area contributed by atoms with Crippen molar-refractivity contribution >= 4 is 11.8 Å². The Labute approximate surface area is 150 Å². The van der Waals surface area contributed by atoms with E-state index < -0.39 is 6.04 Å². The Morgan fingerprint density at radius 2 is 1.88 bits per heavy atom. The molecule has 0 aromatic heterocycles. The van der Waals surface area contributed by atoms with Crippen molar-refractivity contribution in [1.29, 1.82) is 5.26 Å². The lowest BCUT2D eigenvalue weighted by Gasteiger charge is -2.35. The van der Waals surface area contributed by atoms with Gasteiger partial charge in [-0.15, -0.1) is 0 Å². The van der Waals surface area contributed by atoms with Crippen LogP contribution in [0.1, 0.15) is 64.7 Å². The molecule has 140 valence electrons. The van der Waals surface area contributed by atoms with Gasteiger partial charge in [-0.1, -0.05) is 19.3 Å². The topological polar surface area (TPSA) is 82.4 Å². The molecule has 1 saturated carbocycles. The second-order valence-electron chi connectivity index (χ2n) is 7.28. The predicted octanol–water partition coefficient (Wildman–Crippen LogP) is 2.38. The Morgan fingerprint density at radius 3 is 2.52 bits per heavy atom. The third kappa shape index (κ3) is 6.32. The molecule has 0 radical (unpaired) electrons. The number of nitriles is 1. The van der Waals surface area contributed by atoms with Crippen LogP contribution in [0, 0.1) is 17.2 Å². The van der Waals surface area contributed by atoms with Crippen LogP contribution in [-0.4, -0.2) is 48.6 Å². The van der Waals surface area contributed by atoms with Crippen LogP contribution < -0.4 is 5.32 Å². The molecule has 2 amide bonds. The minimum Gasteiger partial charge on any atom is -0.381 e. The van der Waals surface area contributed by atoms with E-state index >= 15 is 0 Å². The molecule has 1 saturated heterocycles. The van der Waals surface area contributed by atoms with E-state index in [0.717, 1.165) is 25.7 Å². The molecule has 1 aliphatic heterocycles. The molecular formula is C19H31N3O3. The quantitative estimate of drug-likeness (QED) is 0.765. The molecule has 6 nitrogen and oxygen atoms in total. The summed E-state index contributed by atoms with van der Waals surface area (Å²) < 4.78 is 5.37. The number of nitrogens with zero attached hydrogens (tertiary/aromatic N) is 2. The normalized spacial score (nSPS) is 20.5. The maximum Gasteiger partial charge on any atom is 0.245 e. The number of amides is 2. The summed E-state index contributed by atoms with van der Waals surface area (Å²) >= 11 is 0. The SMILES string of the molecule is CC(NC(=O)CC1CCCCC1)C(=O)N(CCC#N)C1CCOCC1. The first-order valence-electron chi connectivity index (χ1n) is 9.66. The zero-order valence-electron chi connectivity index (χ0n) is 15.3. The van der Waals surface area contributed by atoms with E-state index in [1.54, 1.807) is 11.8 Å². The highest BCUT2D eigenvalue weighted by Crippen LogP contribution is 2.26. The van der Waals surface area contributed by atoms with E-state index in [1.165, 1.54) is 19.3 Å². The second-order valence-corrected chi connectivity index (χ2v) is 7.28. The molecule has 1 atom stereocenters. The second kappa shape index (κ2) is 10.4. The largest absolute Gasteiger partial charge is 0.381 e. The van der Waals surface area contributed by atoms with Gasteiger partial charge in [0.05, 0.1) is 12.5 Å². The van der Waals surface area contributed by atoms with Gasteiger partial charge < -0.3 is 15.0 Å². The van der Waals surface area contributed by atoms with Crippen LogP contribution in [0.25, 0.3) is 0 Å². The number of rotatable bonds is 7. The van der Waals surface area contributed by atoms with E-state index in [9.17, 15) is 9.59 Å². The number of hydrogen-bond donors (Lipinski definition) is 1. The Hall–Kier alpha value is -1.61. The third-order valence-electron chi connectivity index (χ3n) is 5.33. The van der Waals surface area contributed by atoms with Gasteiger partial charge in [-0.2, -0.15) is 5.26 Å². The van der Waals surface area contributed by atoms with Gasteiger partial charge >= 0.3 is 0 Å². The molecule has 1 aliphatic carbocycles. The molecule has 2 aliphatic rings. The van der Waals surface area contributed by atoms with Crippen molar-refractivity contribution in [3.8, 4) is 6.07 Å². The molecule has 0 spiro atoms. The minimum atomic E-state index is -0.544. The van der Waals surface area contributed by atoms with Crippen LogP contribution >= 0.6 is 0 Å². The highest BCUT2D eigenvalue weighted by molar-refractivity contribution is 5.87. The molecule has 0 bridgehead atoms. The number of nitrogens with one attached hydrogen (secondary N) is 1. The predicted molar refractivity (Wildman–Crippen MR) is 94.6 cm³/mol. The van der Waals surface area contributed by atoms with E-state index in [4.69, 9.17) is 10.00 Å². The highest BCUT2D eigenvalue weighted by Gasteiger charge is 2.29. The zero-order valence-corrected chi connectivity index (χ0v) is 15.3. The smallest absolute Gasteiger partial charge is 0.245 e. The Bertz CT molecular complexity index is 477. The zero-order chi connectivity index (χ0) is 18.1. The lowest BCUT2D eigenvalue weighted by Crippen LogP contribution is -2.52. The maximum absolute atomic E-state index is 12.8. The van der Waals surface area contributed by atoms with E-state index in [1.807, 2.05) is 0 Å². The Balaban J connectivity index is 1.87. The monoisotopic (exact) mass is 349 g/mol. The van der Waals surface area contributed by atoms with Gasteiger partial charge in [0.2, 0.25) is 11.8 Å². The molecule has 1 N–H and O–H groups in total. The molecule has 0 aromatic carbocycles.